The van der Waals surface area contributed by atoms with Gasteiger partial charge < -0.3 is 46.0 Å². The SMILES string of the molecule is C#CCC.C#CCOCCOCCNC(=O)CCC(CCC=O)(CCC(N)=O)NC(=O)CCCCONOCCC#N.CC(C)NC(C)C.CCCCCOCCNC. The molecule has 342 valence electrons. The number of aldehydes is 1. The number of nitrogens with zero attached hydrogens (tertiary/aromatic N) is 1. The highest BCUT2D eigenvalue weighted by molar-refractivity contribution is 5.78. The minimum absolute atomic E-state index is 0.00164. The topological polar surface area (TPSA) is 224 Å². The van der Waals surface area contributed by atoms with E-state index in [0.717, 1.165) is 32.5 Å². The highest BCUT2D eigenvalue weighted by Crippen LogP contribution is 2.26. The first kappa shape index (κ1) is 62.0. The van der Waals surface area contributed by atoms with Crippen molar-refractivity contribution in [3.63, 3.8) is 0 Å². The lowest BCUT2D eigenvalue weighted by atomic mass is 9.83. The van der Waals surface area contributed by atoms with Crippen LogP contribution in [0.1, 0.15) is 131 Å². The van der Waals surface area contributed by atoms with E-state index in [2.05, 4.69) is 73.4 Å². The molecule has 0 radical (unpaired) electrons. The molecule has 0 heterocycles. The largest absolute Gasteiger partial charge is 0.380 e. The summed E-state index contributed by atoms with van der Waals surface area (Å²) in [5.74, 6) is 3.73. The third-order valence-corrected chi connectivity index (χ3v) is 7.55. The molecule has 3 amide bonds. The van der Waals surface area contributed by atoms with Gasteiger partial charge >= 0.3 is 0 Å². The van der Waals surface area contributed by atoms with E-state index in [-0.39, 0.29) is 76.4 Å². The van der Waals surface area contributed by atoms with E-state index in [4.69, 9.17) is 47.7 Å². The van der Waals surface area contributed by atoms with Crippen LogP contribution in [0.2, 0.25) is 0 Å². The molecule has 16 heteroatoms. The van der Waals surface area contributed by atoms with Gasteiger partial charge in [0.1, 0.15) is 12.9 Å². The Bertz CT molecular complexity index is 1090. The van der Waals surface area contributed by atoms with Gasteiger partial charge in [-0.1, -0.05) is 65.9 Å². The van der Waals surface area contributed by atoms with Crippen molar-refractivity contribution in [3.05, 3.63) is 0 Å². The molecular weight excluding hydrogens is 759 g/mol. The van der Waals surface area contributed by atoms with Gasteiger partial charge in [0, 0.05) is 69.4 Å². The maximum absolute atomic E-state index is 12.7. The minimum Gasteiger partial charge on any atom is -0.380 e. The molecule has 0 aromatic rings. The van der Waals surface area contributed by atoms with Crippen LogP contribution in [0.4, 0.5) is 0 Å². The van der Waals surface area contributed by atoms with Gasteiger partial charge in [-0.3, -0.25) is 24.1 Å². The first-order chi connectivity index (χ1) is 28.3. The van der Waals surface area contributed by atoms with Crippen LogP contribution in [0.3, 0.4) is 0 Å². The van der Waals surface area contributed by atoms with Crippen molar-refractivity contribution in [3.8, 4) is 30.8 Å². The molecule has 0 aliphatic carbocycles. The van der Waals surface area contributed by atoms with Gasteiger partial charge in [-0.25, -0.2) is 0 Å². The number of unbranched alkanes of at least 4 members (excludes halogenated alkanes) is 3. The molecule has 0 saturated heterocycles. The smallest absolute Gasteiger partial charge is 0.220 e. The van der Waals surface area contributed by atoms with E-state index < -0.39 is 11.4 Å². The van der Waals surface area contributed by atoms with Crippen LogP contribution in [-0.4, -0.2) is 115 Å². The van der Waals surface area contributed by atoms with Gasteiger partial charge in [0.25, 0.3) is 0 Å². The second-order valence-corrected chi connectivity index (χ2v) is 13.8. The molecule has 1 unspecified atom stereocenters. The molecule has 0 saturated carbocycles. The van der Waals surface area contributed by atoms with Crippen LogP contribution in [0.5, 0.6) is 0 Å². The van der Waals surface area contributed by atoms with Crippen LogP contribution in [0.15, 0.2) is 0 Å². The second-order valence-electron chi connectivity index (χ2n) is 13.8. The number of carbonyl (C=O) groups excluding carboxylic acids is 4. The second kappa shape index (κ2) is 50.5. The molecule has 7 N–H and O–H groups in total. The van der Waals surface area contributed by atoms with Crippen LogP contribution in [0.25, 0.3) is 0 Å². The fourth-order valence-corrected chi connectivity index (χ4v) is 4.75. The van der Waals surface area contributed by atoms with E-state index >= 15 is 0 Å². The van der Waals surface area contributed by atoms with Crippen molar-refractivity contribution in [2.45, 2.75) is 149 Å². The first-order valence-electron chi connectivity index (χ1n) is 21.0. The van der Waals surface area contributed by atoms with Gasteiger partial charge in [-0.05, 0) is 45.6 Å². The Balaban J connectivity index is -0.000000582. The summed E-state index contributed by atoms with van der Waals surface area (Å²) in [6.45, 7) is 17.5. The molecule has 0 aliphatic rings. The zero-order valence-electron chi connectivity index (χ0n) is 37.6. The zero-order chi connectivity index (χ0) is 45.3. The highest BCUT2D eigenvalue weighted by atomic mass is 16.9. The van der Waals surface area contributed by atoms with Gasteiger partial charge in [0.2, 0.25) is 17.7 Å². The Labute approximate surface area is 357 Å². The summed E-state index contributed by atoms with van der Waals surface area (Å²) in [7, 11) is 1.94. The van der Waals surface area contributed by atoms with Gasteiger partial charge in [0.05, 0.1) is 52.1 Å². The number of carbonyl (C=O) groups is 4. The van der Waals surface area contributed by atoms with E-state index in [0.29, 0.717) is 57.9 Å². The number of ether oxygens (including phenoxy) is 3. The number of primary amides is 1. The Morgan fingerprint density at radius 2 is 1.37 bits per heavy atom. The normalized spacial score (nSPS) is 11.2. The first-order valence-corrected chi connectivity index (χ1v) is 21.0. The summed E-state index contributed by atoms with van der Waals surface area (Å²) in [6, 6.07) is 3.18. The number of hydrogen-bond donors (Lipinski definition) is 6. The van der Waals surface area contributed by atoms with Crippen molar-refractivity contribution < 1.29 is 43.1 Å². The number of nitriles is 1. The summed E-state index contributed by atoms with van der Waals surface area (Å²) < 4.78 is 15.7. The number of terminal acetylenes is 2. The number of nitrogens with one attached hydrogen (secondary N) is 5. The van der Waals surface area contributed by atoms with Gasteiger partial charge in [-0.15, -0.1) is 18.8 Å². The highest BCUT2D eigenvalue weighted by Gasteiger charge is 2.32. The average molecular weight is 840 g/mol. The molecular formula is C43H81N7O9. The van der Waals surface area contributed by atoms with E-state index in [1.807, 2.05) is 20.0 Å². The number of hydrogen-bond acceptors (Lipinski definition) is 13. The van der Waals surface area contributed by atoms with Gasteiger partial charge in [0.15, 0.2) is 0 Å². The molecule has 0 aliphatic heterocycles. The summed E-state index contributed by atoms with van der Waals surface area (Å²) in [5.41, 5.74) is 6.67. The molecule has 59 heavy (non-hydrogen) atoms. The lowest BCUT2D eigenvalue weighted by Crippen LogP contribution is -2.50. The third kappa shape index (κ3) is 56.5. The molecule has 16 nitrogen and oxygen atoms in total. The van der Waals surface area contributed by atoms with Crippen molar-refractivity contribution in [1.29, 1.82) is 5.26 Å². The van der Waals surface area contributed by atoms with Crippen molar-refractivity contribution in [1.82, 2.24) is 26.9 Å². The lowest BCUT2D eigenvalue weighted by Gasteiger charge is -2.34. The Morgan fingerprint density at radius 1 is 0.763 bits per heavy atom. The van der Waals surface area contributed by atoms with E-state index in [1.54, 1.807) is 0 Å². The van der Waals surface area contributed by atoms with Crippen LogP contribution in [-0.2, 0) is 43.1 Å². The summed E-state index contributed by atoms with van der Waals surface area (Å²) in [6.07, 6.45) is 17.7. The monoisotopic (exact) mass is 840 g/mol. The maximum Gasteiger partial charge on any atom is 0.220 e. The standard InChI is InChI=1S/C25H41N5O8.C8H19NO.C6H15N.C4H6/c1-2-16-35-20-21-36-19-14-28-23(33)9-12-25(10-5-15-31,11-8-22(27)32)29-24(34)7-3-4-17-37-30-38-18-6-13-26;1-3-4-5-7-10-8-6-9-2;1-5(2)7-6(3)4;1-3-4-2/h1,15,30H,3-12,14,16-21H2,(H2,27,32)(H,28,33)(H,29,34);9H,3-8H2,1-2H3;5-7H,1-4H3;1H,4H2,2H3. The maximum atomic E-state index is 12.7. The number of nitrogens with two attached hydrogens (primary N) is 1. The molecule has 0 aromatic carbocycles. The average Bonchev–Trinajstić information content (AvgIpc) is 3.20. The van der Waals surface area contributed by atoms with E-state index in [1.165, 1.54) is 19.3 Å². The van der Waals surface area contributed by atoms with E-state index in [9.17, 15) is 19.2 Å². The van der Waals surface area contributed by atoms with Crippen LogP contribution < -0.4 is 32.6 Å². The molecule has 0 rings (SSSR count). The Morgan fingerprint density at radius 3 is 1.93 bits per heavy atom. The molecule has 0 spiro atoms. The van der Waals surface area contributed by atoms with Gasteiger partial charge in [-0.2, -0.15) is 5.26 Å². The fraction of sp³-hybridized carbons (Fsp3) is 0.791. The summed E-state index contributed by atoms with van der Waals surface area (Å²) in [5, 5.41) is 20.4. The molecule has 1 atom stereocenters. The molecule has 0 bridgehead atoms. The number of rotatable bonds is 35. The van der Waals surface area contributed by atoms with Crippen molar-refractivity contribution in [2.24, 2.45) is 5.73 Å². The van der Waals surface area contributed by atoms with Crippen molar-refractivity contribution in [2.75, 3.05) is 73.0 Å². The summed E-state index contributed by atoms with van der Waals surface area (Å²) >= 11 is 0. The number of amides is 3. The van der Waals surface area contributed by atoms with Crippen LogP contribution in [0, 0.1) is 36.0 Å². The minimum atomic E-state index is -0.929. The summed E-state index contributed by atoms with van der Waals surface area (Å²) in [4.78, 5) is 57.5. The predicted molar refractivity (Wildman–Crippen MR) is 233 cm³/mol. The predicted octanol–water partition coefficient (Wildman–Crippen LogP) is 4.02. The zero-order valence-corrected chi connectivity index (χ0v) is 37.6. The number of likely N-dealkylation sites (N-methyl/N-ethyl adjacent to an activating group) is 1. The molecule has 0 fully saturated rings. The van der Waals surface area contributed by atoms with Crippen LogP contribution >= 0.6 is 0 Å². The van der Waals surface area contributed by atoms with Crippen molar-refractivity contribution >= 4 is 24.0 Å². The lowest BCUT2D eigenvalue weighted by molar-refractivity contribution is -0.169. The Hall–Kier alpha value is -3.63. The quantitative estimate of drug-likeness (QED) is 0.0230. The Kier molecular flexibility index (Phi) is 53.1. The third-order valence-electron chi connectivity index (χ3n) is 7.55. The molecule has 0 aromatic heterocycles. The fourth-order valence-electron chi connectivity index (χ4n) is 4.75.